The van der Waals surface area contributed by atoms with Crippen LogP contribution < -0.4 is 9.64 Å². The minimum Gasteiger partial charge on any atom is -0.492 e. The van der Waals surface area contributed by atoms with Crippen LogP contribution in [-0.4, -0.2) is 32.1 Å². The first-order chi connectivity index (χ1) is 14.0. The van der Waals surface area contributed by atoms with Crippen LogP contribution in [0.3, 0.4) is 0 Å². The lowest BCUT2D eigenvalue weighted by molar-refractivity contribution is -0.126. The summed E-state index contributed by atoms with van der Waals surface area (Å²) in [7, 11) is 1.57. The summed E-state index contributed by atoms with van der Waals surface area (Å²) in [4.78, 5) is 29.1. The van der Waals surface area contributed by atoms with Crippen LogP contribution in [0.1, 0.15) is 36.2 Å². The molecule has 0 aliphatic carbocycles. The molecule has 4 rings (SSSR count). The van der Waals surface area contributed by atoms with E-state index in [0.717, 1.165) is 16.8 Å². The number of nitrogens with zero attached hydrogens (tertiary/aromatic N) is 1. The summed E-state index contributed by atoms with van der Waals surface area (Å²) in [6, 6.07) is 14.9. The summed E-state index contributed by atoms with van der Waals surface area (Å²) < 4.78 is 11.3. The second-order valence-electron chi connectivity index (χ2n) is 7.85. The SMILES string of the molecule is COCN1C(=O)C(CC=C(C)C)(C2COc3ccccc3C2=O)c2ccccc21. The summed E-state index contributed by atoms with van der Waals surface area (Å²) in [6.07, 6.45) is 2.48. The van der Waals surface area contributed by atoms with E-state index in [1.54, 1.807) is 24.1 Å². The van der Waals surface area contributed by atoms with E-state index in [2.05, 4.69) is 0 Å². The van der Waals surface area contributed by atoms with E-state index in [0.29, 0.717) is 17.7 Å². The smallest absolute Gasteiger partial charge is 0.240 e. The molecule has 0 spiro atoms. The van der Waals surface area contributed by atoms with Gasteiger partial charge in [-0.25, -0.2) is 0 Å². The van der Waals surface area contributed by atoms with Gasteiger partial charge < -0.3 is 9.47 Å². The molecule has 5 nitrogen and oxygen atoms in total. The van der Waals surface area contributed by atoms with Crippen molar-refractivity contribution in [1.29, 1.82) is 0 Å². The number of hydrogen-bond acceptors (Lipinski definition) is 4. The number of para-hydroxylation sites is 2. The van der Waals surface area contributed by atoms with Crippen molar-refractivity contribution in [3.05, 3.63) is 71.3 Å². The monoisotopic (exact) mass is 391 g/mol. The maximum Gasteiger partial charge on any atom is 0.240 e. The van der Waals surface area contributed by atoms with Crippen LogP contribution in [0.4, 0.5) is 5.69 Å². The fourth-order valence-corrected chi connectivity index (χ4v) is 4.45. The standard InChI is InChI=1S/C24H25NO4/c1-16(2)12-13-24(19-14-29-21-11-7-4-8-17(21)22(19)26)18-9-5-6-10-20(18)25(15-28-3)23(24)27/h4-12,19H,13-15H2,1-3H3. The van der Waals surface area contributed by atoms with Crippen molar-refractivity contribution in [1.82, 2.24) is 0 Å². The Bertz CT molecular complexity index is 992. The summed E-state index contributed by atoms with van der Waals surface area (Å²) >= 11 is 0. The molecule has 2 aromatic rings. The van der Waals surface area contributed by atoms with E-state index in [1.165, 1.54) is 0 Å². The first-order valence-corrected chi connectivity index (χ1v) is 9.80. The summed E-state index contributed by atoms with van der Waals surface area (Å²) in [5.74, 6) is -0.182. The highest BCUT2D eigenvalue weighted by Crippen LogP contribution is 2.51. The second-order valence-corrected chi connectivity index (χ2v) is 7.85. The van der Waals surface area contributed by atoms with Gasteiger partial charge >= 0.3 is 0 Å². The van der Waals surface area contributed by atoms with Gasteiger partial charge in [-0.3, -0.25) is 14.5 Å². The number of hydrogen-bond donors (Lipinski definition) is 0. The molecule has 0 radical (unpaired) electrons. The Morgan fingerprint density at radius 1 is 1.17 bits per heavy atom. The number of ether oxygens (including phenoxy) is 2. The molecule has 29 heavy (non-hydrogen) atoms. The number of carbonyl (C=O) groups excluding carboxylic acids is 2. The van der Waals surface area contributed by atoms with E-state index in [-0.39, 0.29) is 25.0 Å². The van der Waals surface area contributed by atoms with Gasteiger partial charge in [-0.15, -0.1) is 0 Å². The number of amides is 1. The van der Waals surface area contributed by atoms with Gasteiger partial charge in [-0.1, -0.05) is 42.0 Å². The van der Waals surface area contributed by atoms with Crippen molar-refractivity contribution in [3.8, 4) is 5.75 Å². The number of rotatable bonds is 5. The van der Waals surface area contributed by atoms with Crippen LogP contribution in [0.2, 0.25) is 0 Å². The van der Waals surface area contributed by atoms with Crippen LogP contribution >= 0.6 is 0 Å². The lowest BCUT2D eigenvalue weighted by Gasteiger charge is -2.37. The molecule has 2 heterocycles. The first-order valence-electron chi connectivity index (χ1n) is 9.80. The number of methoxy groups -OCH3 is 1. The predicted molar refractivity (Wildman–Crippen MR) is 111 cm³/mol. The van der Waals surface area contributed by atoms with Crippen LogP contribution in [0, 0.1) is 5.92 Å². The van der Waals surface area contributed by atoms with Crippen molar-refractivity contribution in [2.45, 2.75) is 25.7 Å². The van der Waals surface area contributed by atoms with Crippen LogP contribution in [0.15, 0.2) is 60.2 Å². The van der Waals surface area contributed by atoms with Gasteiger partial charge in [0.15, 0.2) is 5.78 Å². The van der Waals surface area contributed by atoms with Crippen molar-refractivity contribution < 1.29 is 19.1 Å². The molecule has 150 valence electrons. The maximum atomic E-state index is 13.9. The van der Waals surface area contributed by atoms with E-state index in [9.17, 15) is 9.59 Å². The average Bonchev–Trinajstić information content (AvgIpc) is 2.96. The molecule has 0 aromatic heterocycles. The first kappa shape index (κ1) is 19.4. The highest BCUT2D eigenvalue weighted by molar-refractivity contribution is 6.13. The second kappa shape index (κ2) is 7.48. The van der Waals surface area contributed by atoms with E-state index < -0.39 is 11.3 Å². The third-order valence-corrected chi connectivity index (χ3v) is 5.86. The highest BCUT2D eigenvalue weighted by Gasteiger charge is 2.58. The van der Waals surface area contributed by atoms with Gasteiger partial charge in [-0.2, -0.15) is 0 Å². The van der Waals surface area contributed by atoms with E-state index in [1.807, 2.05) is 56.3 Å². The zero-order valence-electron chi connectivity index (χ0n) is 17.0. The Labute approximate surface area is 170 Å². The van der Waals surface area contributed by atoms with Gasteiger partial charge in [0.25, 0.3) is 0 Å². The molecule has 0 saturated heterocycles. The number of carbonyl (C=O) groups is 2. The zero-order chi connectivity index (χ0) is 20.6. The Morgan fingerprint density at radius 2 is 1.90 bits per heavy atom. The van der Waals surface area contributed by atoms with Crippen molar-refractivity contribution in [2.24, 2.45) is 5.92 Å². The van der Waals surface area contributed by atoms with Crippen LogP contribution in [-0.2, 0) is 14.9 Å². The maximum absolute atomic E-state index is 13.9. The molecule has 0 N–H and O–H groups in total. The summed E-state index contributed by atoms with van der Waals surface area (Å²) in [5, 5.41) is 0. The lowest BCUT2D eigenvalue weighted by atomic mass is 9.65. The summed E-state index contributed by atoms with van der Waals surface area (Å²) in [5.41, 5.74) is 2.28. The van der Waals surface area contributed by atoms with E-state index >= 15 is 0 Å². The number of ketones is 1. The Balaban J connectivity index is 1.90. The van der Waals surface area contributed by atoms with Gasteiger partial charge in [0.05, 0.1) is 29.2 Å². The molecule has 5 heteroatoms. The Hall–Kier alpha value is -2.92. The van der Waals surface area contributed by atoms with Gasteiger partial charge in [-0.05, 0) is 44.0 Å². The molecule has 2 atom stereocenters. The molecule has 2 aliphatic rings. The molecular formula is C24H25NO4. The molecule has 0 saturated carbocycles. The number of anilines is 1. The fraction of sp³-hybridized carbons (Fsp3) is 0.333. The topological polar surface area (TPSA) is 55.8 Å². The van der Waals surface area contributed by atoms with Gasteiger partial charge in [0.2, 0.25) is 5.91 Å². The van der Waals surface area contributed by atoms with Crippen LogP contribution in [0.5, 0.6) is 5.75 Å². The zero-order valence-corrected chi connectivity index (χ0v) is 17.0. The number of benzene rings is 2. The minimum atomic E-state index is -1.02. The molecular weight excluding hydrogens is 366 g/mol. The Kier molecular flexibility index (Phi) is 5.01. The van der Waals surface area contributed by atoms with Crippen molar-refractivity contribution >= 4 is 17.4 Å². The predicted octanol–water partition coefficient (Wildman–Crippen LogP) is 4.12. The molecule has 2 unspecified atom stereocenters. The average molecular weight is 391 g/mol. The van der Waals surface area contributed by atoms with E-state index in [4.69, 9.17) is 9.47 Å². The number of fused-ring (bicyclic) bond motifs is 2. The third-order valence-electron chi connectivity index (χ3n) is 5.86. The molecule has 2 aliphatic heterocycles. The summed E-state index contributed by atoms with van der Waals surface area (Å²) in [6.45, 7) is 4.32. The quantitative estimate of drug-likeness (QED) is 0.720. The van der Waals surface area contributed by atoms with Crippen molar-refractivity contribution in [2.75, 3.05) is 25.3 Å². The van der Waals surface area contributed by atoms with Crippen LogP contribution in [0.25, 0.3) is 0 Å². The molecule has 0 bridgehead atoms. The minimum absolute atomic E-state index is 0.0450. The van der Waals surface area contributed by atoms with Crippen molar-refractivity contribution in [3.63, 3.8) is 0 Å². The molecule has 2 aromatic carbocycles. The lowest BCUT2D eigenvalue weighted by Crippen LogP contribution is -2.51. The fourth-order valence-electron chi connectivity index (χ4n) is 4.45. The molecule has 0 fully saturated rings. The molecule has 1 amide bonds. The third kappa shape index (κ3) is 2.97. The number of Topliss-reactive ketones (excluding diaryl/α,β-unsaturated/α-hetero) is 1. The number of allylic oxidation sites excluding steroid dienone is 2. The van der Waals surface area contributed by atoms with Gasteiger partial charge in [0, 0.05) is 7.11 Å². The highest BCUT2D eigenvalue weighted by atomic mass is 16.5. The largest absolute Gasteiger partial charge is 0.492 e. The van der Waals surface area contributed by atoms with Gasteiger partial charge in [0.1, 0.15) is 12.5 Å². The normalized spacial score (nSPS) is 22.7. The Morgan fingerprint density at radius 3 is 2.66 bits per heavy atom.